The second-order valence-electron chi connectivity index (χ2n) is 9.19. The molecule has 2 aromatic carbocycles. The van der Waals surface area contributed by atoms with Gasteiger partial charge in [0.25, 0.3) is 0 Å². The number of aromatic hydroxyl groups is 1. The molecule has 1 atom stereocenters. The summed E-state index contributed by atoms with van der Waals surface area (Å²) >= 11 is 0. The summed E-state index contributed by atoms with van der Waals surface area (Å²) < 4.78 is 0. The van der Waals surface area contributed by atoms with Gasteiger partial charge in [-0.1, -0.05) is 60.2 Å². The summed E-state index contributed by atoms with van der Waals surface area (Å²) in [5.74, 6) is 1.14. The minimum absolute atomic E-state index is 0.0798. The van der Waals surface area contributed by atoms with Crippen LogP contribution >= 0.6 is 0 Å². The van der Waals surface area contributed by atoms with Gasteiger partial charge >= 0.3 is 0 Å². The Balaban J connectivity index is 1.48. The van der Waals surface area contributed by atoms with Crippen molar-refractivity contribution >= 4 is 23.9 Å². The zero-order valence-corrected chi connectivity index (χ0v) is 21.4. The lowest BCUT2D eigenvalue weighted by Crippen LogP contribution is -2.38. The molecule has 1 aliphatic rings. The zero-order valence-electron chi connectivity index (χ0n) is 21.4. The molecule has 7 heteroatoms. The van der Waals surface area contributed by atoms with Crippen LogP contribution < -0.4 is 15.9 Å². The number of nitrogens with one attached hydrogen (secondary N) is 1. The number of hydrogen-bond acceptors (Lipinski definition) is 6. The molecule has 1 amide bonds. The number of anilines is 1. The molecular formula is C30H34N4O3. The first-order valence-corrected chi connectivity index (χ1v) is 12.7. The number of benzene rings is 2. The topological polar surface area (TPSA) is 98.6 Å². The molecule has 7 nitrogen and oxygen atoms in total. The number of carbonyl (C=O) groups is 1. The van der Waals surface area contributed by atoms with E-state index in [2.05, 4.69) is 17.5 Å². The Morgan fingerprint density at radius 1 is 1.08 bits per heavy atom. The molecule has 4 rings (SSSR count). The van der Waals surface area contributed by atoms with Crippen LogP contribution in [0.25, 0.3) is 23.5 Å². The minimum atomic E-state index is -0.725. The second-order valence-corrected chi connectivity index (χ2v) is 9.19. The Morgan fingerprint density at radius 3 is 2.59 bits per heavy atom. The van der Waals surface area contributed by atoms with Gasteiger partial charge in [-0.3, -0.25) is 4.79 Å². The molecule has 0 fully saturated rings. The number of likely N-dealkylation sites (N-methyl/N-ethyl adjacent to an activating group) is 1. The normalized spacial score (nSPS) is 13.3. The van der Waals surface area contributed by atoms with Gasteiger partial charge in [0.1, 0.15) is 11.6 Å². The van der Waals surface area contributed by atoms with Gasteiger partial charge in [-0.05, 0) is 50.5 Å². The van der Waals surface area contributed by atoms with Crippen LogP contribution in [0.15, 0.2) is 66.2 Å². The van der Waals surface area contributed by atoms with E-state index >= 15 is 0 Å². The van der Waals surface area contributed by atoms with Crippen LogP contribution in [0, 0.1) is 0 Å². The van der Waals surface area contributed by atoms with Crippen LogP contribution in [0.1, 0.15) is 32.3 Å². The highest BCUT2D eigenvalue weighted by Gasteiger charge is 2.17. The lowest BCUT2D eigenvalue weighted by atomic mass is 10.1. The molecule has 192 valence electrons. The van der Waals surface area contributed by atoms with E-state index in [-0.39, 0.29) is 18.1 Å². The first-order chi connectivity index (χ1) is 17.9. The minimum Gasteiger partial charge on any atom is -0.507 e. The predicted octanol–water partition coefficient (Wildman–Crippen LogP) is 3.01. The van der Waals surface area contributed by atoms with Gasteiger partial charge in [-0.2, -0.15) is 0 Å². The highest BCUT2D eigenvalue weighted by atomic mass is 16.3. The monoisotopic (exact) mass is 498 g/mol. The van der Waals surface area contributed by atoms with Crippen molar-refractivity contribution in [3.8, 4) is 17.1 Å². The molecule has 0 saturated carbocycles. The Morgan fingerprint density at radius 2 is 1.84 bits per heavy atom. The summed E-state index contributed by atoms with van der Waals surface area (Å²) in [5.41, 5.74) is 2.68. The number of para-hydroxylation sites is 1. The lowest BCUT2D eigenvalue weighted by Gasteiger charge is -2.23. The number of fused-ring (bicyclic) bond motifs is 1. The number of amides is 1. The Bertz CT molecular complexity index is 1390. The van der Waals surface area contributed by atoms with E-state index in [1.54, 1.807) is 23.1 Å². The van der Waals surface area contributed by atoms with E-state index in [0.717, 1.165) is 28.1 Å². The van der Waals surface area contributed by atoms with E-state index in [1.807, 2.05) is 56.3 Å². The van der Waals surface area contributed by atoms with E-state index in [0.29, 0.717) is 43.3 Å². The molecule has 0 aliphatic heterocycles. The van der Waals surface area contributed by atoms with Crippen molar-refractivity contribution in [2.45, 2.75) is 39.2 Å². The van der Waals surface area contributed by atoms with E-state index < -0.39 is 6.10 Å². The van der Waals surface area contributed by atoms with Crippen LogP contribution in [0.4, 0.5) is 5.82 Å². The standard InChI is InChI=1S/C30H34N4O3/c1-3-34(28(37)20-23(35)19-22-11-5-4-6-12-22)17-16-31-29-24-14-9-10-21(2)18-26(24)32-30(33-29)25-13-7-8-15-27(25)36/h4-8,10-15,18,23,35-36H,3,9,16-17,19-20H2,1-2H3,(H,31,32,33)/t23-/m0/s1. The average molecular weight is 499 g/mol. The predicted molar refractivity (Wildman–Crippen MR) is 147 cm³/mol. The SMILES string of the molecule is CCN(CCNc1nc(-c2ccccc2O)nc2c1=CCC=C(C)C=2)C(=O)C[C@@H](O)Cc1ccccc1. The van der Waals surface area contributed by atoms with Gasteiger partial charge in [-0.15, -0.1) is 0 Å². The summed E-state index contributed by atoms with van der Waals surface area (Å²) in [7, 11) is 0. The molecule has 1 heterocycles. The third kappa shape index (κ3) is 6.83. The first-order valence-electron chi connectivity index (χ1n) is 12.7. The van der Waals surface area contributed by atoms with Crippen molar-refractivity contribution in [3.63, 3.8) is 0 Å². The van der Waals surface area contributed by atoms with Crippen LogP contribution in [0.2, 0.25) is 0 Å². The molecule has 0 unspecified atom stereocenters. The number of carbonyl (C=O) groups excluding carboxylic acids is 1. The summed E-state index contributed by atoms with van der Waals surface area (Å²) in [6.07, 6.45) is 6.80. The van der Waals surface area contributed by atoms with Crippen molar-refractivity contribution in [2.75, 3.05) is 25.0 Å². The summed E-state index contributed by atoms with van der Waals surface area (Å²) in [6, 6.07) is 16.7. The van der Waals surface area contributed by atoms with Gasteiger partial charge in [0.05, 0.1) is 23.4 Å². The number of phenolic OH excluding ortho intramolecular Hbond substituents is 1. The fraction of sp³-hybridized carbons (Fsp3) is 0.300. The maximum Gasteiger partial charge on any atom is 0.225 e. The largest absolute Gasteiger partial charge is 0.507 e. The molecule has 0 saturated heterocycles. The first kappa shape index (κ1) is 26.1. The number of phenols is 1. The molecular weight excluding hydrogens is 464 g/mol. The number of nitrogens with zero attached hydrogens (tertiary/aromatic N) is 3. The fourth-order valence-electron chi connectivity index (χ4n) is 4.41. The molecule has 0 spiro atoms. The number of allylic oxidation sites excluding steroid dienone is 2. The van der Waals surface area contributed by atoms with Crippen molar-refractivity contribution < 1.29 is 15.0 Å². The molecule has 37 heavy (non-hydrogen) atoms. The average Bonchev–Trinajstić information content (AvgIpc) is 3.07. The van der Waals surface area contributed by atoms with Crippen molar-refractivity contribution in [2.24, 2.45) is 0 Å². The van der Waals surface area contributed by atoms with E-state index in [9.17, 15) is 15.0 Å². The van der Waals surface area contributed by atoms with Gasteiger partial charge in [-0.25, -0.2) is 9.97 Å². The van der Waals surface area contributed by atoms with Gasteiger partial charge < -0.3 is 20.4 Å². The number of hydrogen-bond donors (Lipinski definition) is 3. The van der Waals surface area contributed by atoms with Crippen LogP contribution in [0.3, 0.4) is 0 Å². The molecule has 1 aromatic heterocycles. The maximum absolute atomic E-state index is 12.9. The highest BCUT2D eigenvalue weighted by molar-refractivity contribution is 5.76. The van der Waals surface area contributed by atoms with Crippen molar-refractivity contribution in [1.29, 1.82) is 0 Å². The Hall–Kier alpha value is -3.97. The van der Waals surface area contributed by atoms with Crippen molar-refractivity contribution in [3.05, 3.63) is 82.4 Å². The Kier molecular flexibility index (Phi) is 8.69. The maximum atomic E-state index is 12.9. The third-order valence-electron chi connectivity index (χ3n) is 6.38. The highest BCUT2D eigenvalue weighted by Crippen LogP contribution is 2.25. The Labute approximate surface area is 217 Å². The molecule has 3 aromatic rings. The van der Waals surface area contributed by atoms with E-state index in [1.165, 1.54) is 0 Å². The number of aliphatic hydroxyl groups excluding tert-OH is 1. The zero-order chi connectivity index (χ0) is 26.2. The van der Waals surface area contributed by atoms with E-state index in [4.69, 9.17) is 9.97 Å². The molecule has 0 bridgehead atoms. The van der Waals surface area contributed by atoms with Gasteiger partial charge in [0, 0.05) is 24.9 Å². The molecule has 3 N–H and O–H groups in total. The van der Waals surface area contributed by atoms with Gasteiger partial charge in [0.15, 0.2) is 5.82 Å². The molecule has 0 radical (unpaired) electrons. The van der Waals surface area contributed by atoms with Crippen LogP contribution in [0.5, 0.6) is 5.75 Å². The molecule has 1 aliphatic carbocycles. The summed E-state index contributed by atoms with van der Waals surface area (Å²) in [5, 5.41) is 25.9. The number of aromatic nitrogens is 2. The third-order valence-corrected chi connectivity index (χ3v) is 6.38. The number of rotatable bonds is 10. The summed E-state index contributed by atoms with van der Waals surface area (Å²) in [6.45, 7) is 5.48. The lowest BCUT2D eigenvalue weighted by molar-refractivity contribution is -0.132. The van der Waals surface area contributed by atoms with Crippen molar-refractivity contribution in [1.82, 2.24) is 14.9 Å². The smallest absolute Gasteiger partial charge is 0.225 e. The van der Waals surface area contributed by atoms with Crippen LogP contribution in [-0.4, -0.2) is 56.7 Å². The second kappa shape index (κ2) is 12.3. The summed E-state index contributed by atoms with van der Waals surface area (Å²) in [4.78, 5) is 24.1. The fourth-order valence-corrected chi connectivity index (χ4v) is 4.41. The van der Waals surface area contributed by atoms with Gasteiger partial charge in [0.2, 0.25) is 5.91 Å². The number of aliphatic hydroxyl groups is 1. The quantitative estimate of drug-likeness (QED) is 0.398. The van der Waals surface area contributed by atoms with Crippen LogP contribution in [-0.2, 0) is 11.2 Å².